The molecule has 1 aromatic rings. The molecule has 1 aliphatic rings. The van der Waals surface area contributed by atoms with Crippen LogP contribution in [-0.4, -0.2) is 45.0 Å². The van der Waals surface area contributed by atoms with E-state index in [-0.39, 0.29) is 11.3 Å². The summed E-state index contributed by atoms with van der Waals surface area (Å²) >= 11 is 1.66. The van der Waals surface area contributed by atoms with E-state index in [1.165, 1.54) is 11.1 Å². The van der Waals surface area contributed by atoms with Crippen LogP contribution in [0.1, 0.15) is 24.0 Å². The van der Waals surface area contributed by atoms with Crippen LogP contribution in [0.15, 0.2) is 24.3 Å². The first kappa shape index (κ1) is 18.3. The van der Waals surface area contributed by atoms with E-state index in [9.17, 15) is 4.79 Å². The third kappa shape index (κ3) is 6.16. The lowest BCUT2D eigenvalue weighted by Crippen LogP contribution is -2.47. The Balaban J connectivity index is 1.70. The number of nitrogens with one attached hydrogen (secondary N) is 2. The van der Waals surface area contributed by atoms with Crippen LogP contribution in [0.5, 0.6) is 0 Å². The number of carbonyl (C=O) groups excluding carboxylic acids is 1. The molecule has 0 atom stereocenters. The van der Waals surface area contributed by atoms with Crippen molar-refractivity contribution in [2.24, 2.45) is 5.41 Å². The molecule has 0 bridgehead atoms. The van der Waals surface area contributed by atoms with Crippen molar-refractivity contribution < 1.29 is 9.53 Å². The molecule has 1 fully saturated rings. The highest BCUT2D eigenvalue weighted by atomic mass is 32.2. The average Bonchev–Trinajstić information content (AvgIpc) is 2.56. The van der Waals surface area contributed by atoms with Gasteiger partial charge in [-0.25, -0.2) is 0 Å². The Morgan fingerprint density at radius 1 is 1.30 bits per heavy atom. The smallest absolute Gasteiger partial charge is 0.230 e. The van der Waals surface area contributed by atoms with Crippen LogP contribution in [0.3, 0.4) is 0 Å². The number of hydrogen-bond acceptors (Lipinski definition) is 4. The normalized spacial score (nSPS) is 17.0. The third-order valence-electron chi connectivity index (χ3n) is 4.40. The van der Waals surface area contributed by atoms with Crippen LogP contribution >= 0.6 is 11.8 Å². The monoisotopic (exact) mass is 336 g/mol. The van der Waals surface area contributed by atoms with Crippen molar-refractivity contribution in [3.05, 3.63) is 35.4 Å². The molecule has 1 aromatic carbocycles. The quantitative estimate of drug-likeness (QED) is 0.765. The number of piperidine rings is 1. The molecule has 0 radical (unpaired) electrons. The van der Waals surface area contributed by atoms with Gasteiger partial charge >= 0.3 is 0 Å². The zero-order valence-electron chi connectivity index (χ0n) is 14.2. The van der Waals surface area contributed by atoms with E-state index in [1.807, 2.05) is 0 Å². The highest BCUT2D eigenvalue weighted by molar-refractivity contribution is 7.99. The molecule has 0 unspecified atom stereocenters. The second-order valence-corrected chi connectivity index (χ2v) is 7.42. The van der Waals surface area contributed by atoms with Gasteiger partial charge in [0.1, 0.15) is 0 Å². The van der Waals surface area contributed by atoms with Crippen molar-refractivity contribution in [1.29, 1.82) is 0 Å². The Kier molecular flexibility index (Phi) is 7.40. The van der Waals surface area contributed by atoms with Gasteiger partial charge in [-0.3, -0.25) is 4.79 Å². The van der Waals surface area contributed by atoms with Gasteiger partial charge in [-0.05, 0) is 38.4 Å². The molecule has 0 aliphatic carbocycles. The van der Waals surface area contributed by atoms with Gasteiger partial charge in [-0.15, -0.1) is 11.8 Å². The minimum atomic E-state index is 0.0945. The van der Waals surface area contributed by atoms with Crippen molar-refractivity contribution in [3.63, 3.8) is 0 Å². The number of amides is 1. The Hall–Kier alpha value is -1.04. The number of methoxy groups -OCH3 is 1. The summed E-state index contributed by atoms with van der Waals surface area (Å²) in [6, 6.07) is 8.48. The van der Waals surface area contributed by atoms with E-state index in [2.05, 4.69) is 41.8 Å². The summed E-state index contributed by atoms with van der Waals surface area (Å²) in [4.78, 5) is 12.1. The minimum absolute atomic E-state index is 0.0945. The fourth-order valence-corrected chi connectivity index (χ4v) is 3.74. The number of rotatable bonds is 8. The molecule has 0 saturated carbocycles. The van der Waals surface area contributed by atoms with Gasteiger partial charge in [-0.2, -0.15) is 0 Å². The molecule has 4 nitrogen and oxygen atoms in total. The van der Waals surface area contributed by atoms with Crippen LogP contribution in [0.2, 0.25) is 0 Å². The Morgan fingerprint density at radius 2 is 2.00 bits per heavy atom. The van der Waals surface area contributed by atoms with Gasteiger partial charge in [0.2, 0.25) is 5.91 Å². The number of thioether (sulfide) groups is 1. The van der Waals surface area contributed by atoms with Gasteiger partial charge in [0.25, 0.3) is 0 Å². The predicted octanol–water partition coefficient (Wildman–Crippen LogP) is 2.36. The summed E-state index contributed by atoms with van der Waals surface area (Å²) < 4.78 is 5.38. The maximum atomic E-state index is 12.1. The summed E-state index contributed by atoms with van der Waals surface area (Å²) in [5.41, 5.74) is 2.63. The molecular formula is C18H28N2O2S. The fraction of sp³-hybridized carbons (Fsp3) is 0.611. The molecule has 23 heavy (non-hydrogen) atoms. The average molecular weight is 337 g/mol. The lowest BCUT2D eigenvalue weighted by molar-refractivity contribution is -0.119. The molecule has 5 heteroatoms. The van der Waals surface area contributed by atoms with Crippen LogP contribution in [-0.2, 0) is 15.3 Å². The van der Waals surface area contributed by atoms with E-state index in [0.29, 0.717) is 18.9 Å². The second kappa shape index (κ2) is 9.30. The molecule has 0 aromatic heterocycles. The first-order chi connectivity index (χ1) is 11.1. The van der Waals surface area contributed by atoms with Crippen LogP contribution in [0, 0.1) is 12.3 Å². The van der Waals surface area contributed by atoms with E-state index in [0.717, 1.165) is 31.7 Å². The van der Waals surface area contributed by atoms with Gasteiger partial charge in [0.05, 0.1) is 12.4 Å². The number of benzene rings is 1. The first-order valence-corrected chi connectivity index (χ1v) is 9.39. The van der Waals surface area contributed by atoms with E-state index < -0.39 is 0 Å². The van der Waals surface area contributed by atoms with Gasteiger partial charge in [0, 0.05) is 24.8 Å². The Labute approximate surface area is 143 Å². The molecule has 1 saturated heterocycles. The summed E-state index contributed by atoms with van der Waals surface area (Å²) in [7, 11) is 1.74. The van der Waals surface area contributed by atoms with Gasteiger partial charge < -0.3 is 15.4 Å². The molecular weight excluding hydrogens is 308 g/mol. The summed E-state index contributed by atoms with van der Waals surface area (Å²) in [6.07, 6.45) is 2.11. The molecule has 1 heterocycles. The topological polar surface area (TPSA) is 50.4 Å². The molecule has 0 spiro atoms. The minimum Gasteiger partial charge on any atom is -0.384 e. The first-order valence-electron chi connectivity index (χ1n) is 8.23. The van der Waals surface area contributed by atoms with Crippen LogP contribution < -0.4 is 10.6 Å². The largest absolute Gasteiger partial charge is 0.384 e. The zero-order valence-corrected chi connectivity index (χ0v) is 15.0. The fourth-order valence-electron chi connectivity index (χ4n) is 2.92. The number of aryl methyl sites for hydroxylation is 1. The van der Waals surface area contributed by atoms with Crippen molar-refractivity contribution in [2.45, 2.75) is 25.5 Å². The van der Waals surface area contributed by atoms with E-state index >= 15 is 0 Å². The van der Waals surface area contributed by atoms with Gasteiger partial charge in [0.15, 0.2) is 0 Å². The molecule has 1 amide bonds. The Morgan fingerprint density at radius 3 is 2.65 bits per heavy atom. The van der Waals surface area contributed by atoms with Crippen LogP contribution in [0.4, 0.5) is 0 Å². The van der Waals surface area contributed by atoms with E-state index in [4.69, 9.17) is 4.74 Å². The molecule has 1 aliphatic heterocycles. The van der Waals surface area contributed by atoms with E-state index in [1.54, 1.807) is 18.9 Å². The maximum Gasteiger partial charge on any atom is 0.230 e. The van der Waals surface area contributed by atoms with Crippen molar-refractivity contribution in [2.75, 3.05) is 39.1 Å². The SMILES string of the molecule is COCC1(CNC(=O)CSCc2ccc(C)cc2)CCNCC1. The predicted molar refractivity (Wildman–Crippen MR) is 96.8 cm³/mol. The zero-order chi connectivity index (χ0) is 16.5. The van der Waals surface area contributed by atoms with Crippen LogP contribution in [0.25, 0.3) is 0 Å². The highest BCUT2D eigenvalue weighted by Crippen LogP contribution is 2.28. The van der Waals surface area contributed by atoms with Crippen molar-refractivity contribution in [1.82, 2.24) is 10.6 Å². The highest BCUT2D eigenvalue weighted by Gasteiger charge is 2.32. The van der Waals surface area contributed by atoms with Crippen molar-refractivity contribution in [3.8, 4) is 0 Å². The Bertz CT molecular complexity index is 479. The number of ether oxygens (including phenoxy) is 1. The molecule has 2 rings (SSSR count). The van der Waals surface area contributed by atoms with Gasteiger partial charge in [-0.1, -0.05) is 29.8 Å². The maximum absolute atomic E-state index is 12.1. The number of carbonyl (C=O) groups is 1. The lowest BCUT2D eigenvalue weighted by Gasteiger charge is -2.37. The lowest BCUT2D eigenvalue weighted by atomic mass is 9.79. The third-order valence-corrected chi connectivity index (χ3v) is 5.40. The second-order valence-electron chi connectivity index (χ2n) is 6.44. The number of hydrogen-bond donors (Lipinski definition) is 2. The van der Waals surface area contributed by atoms with Crippen molar-refractivity contribution >= 4 is 17.7 Å². The standard InChI is InChI=1S/C18H28N2O2S/c1-15-3-5-16(6-4-15)11-23-12-17(21)20-13-18(14-22-2)7-9-19-10-8-18/h3-6,19H,7-14H2,1-2H3,(H,20,21). The summed E-state index contributed by atoms with van der Waals surface area (Å²) in [5, 5.41) is 6.48. The molecule has 128 valence electrons. The summed E-state index contributed by atoms with van der Waals surface area (Å²) in [6.45, 7) is 5.52. The molecule has 2 N–H and O–H groups in total. The summed E-state index contributed by atoms with van der Waals surface area (Å²) in [5.74, 6) is 1.51.